The highest BCUT2D eigenvalue weighted by Gasteiger charge is 2.31. The van der Waals surface area contributed by atoms with Crippen molar-refractivity contribution < 1.29 is 4.79 Å². The minimum atomic E-state index is -0.311. The molecular weight excluding hydrogens is 268 g/mol. The number of amides is 2. The van der Waals surface area contributed by atoms with E-state index in [0.717, 1.165) is 0 Å². The lowest BCUT2D eigenvalue weighted by Crippen LogP contribution is -2.47. The van der Waals surface area contributed by atoms with Gasteiger partial charge in [0.05, 0.1) is 11.5 Å². The predicted molar refractivity (Wildman–Crippen MR) is 78.6 cm³/mol. The fraction of sp³-hybridized carbons (Fsp3) is 0.533. The Labute approximate surface area is 124 Å². The van der Waals surface area contributed by atoms with Gasteiger partial charge in [0.2, 0.25) is 0 Å². The van der Waals surface area contributed by atoms with Crippen LogP contribution in [0.2, 0.25) is 0 Å². The van der Waals surface area contributed by atoms with Crippen molar-refractivity contribution in [3.05, 3.63) is 34.7 Å². The summed E-state index contributed by atoms with van der Waals surface area (Å²) in [5.41, 5.74) is -0.386. The quantitative estimate of drug-likeness (QED) is 0.907. The van der Waals surface area contributed by atoms with Crippen molar-refractivity contribution in [2.45, 2.75) is 26.3 Å². The maximum atomic E-state index is 12.0. The third-order valence-corrected chi connectivity index (χ3v) is 3.95. The molecule has 0 spiro atoms. The number of nitrogens with one attached hydrogen (secondary N) is 1. The number of piperidine rings is 1. The number of nitriles is 1. The van der Waals surface area contributed by atoms with Gasteiger partial charge in [0.1, 0.15) is 0 Å². The zero-order valence-corrected chi connectivity index (χ0v) is 12.2. The third kappa shape index (κ3) is 3.85. The monoisotopic (exact) mass is 288 g/mol. The normalized spacial score (nSPS) is 17.0. The topological polar surface area (TPSA) is 78.1 Å². The van der Waals surface area contributed by atoms with Crippen LogP contribution in [-0.4, -0.2) is 35.1 Å². The molecule has 0 radical (unpaired) electrons. The Bertz CT molecular complexity index is 594. The molecule has 21 heavy (non-hydrogen) atoms. The van der Waals surface area contributed by atoms with Gasteiger partial charge in [0.25, 0.3) is 5.56 Å². The molecule has 1 aliphatic heterocycles. The van der Waals surface area contributed by atoms with E-state index in [1.807, 2.05) is 6.92 Å². The van der Waals surface area contributed by atoms with Gasteiger partial charge in [-0.1, -0.05) is 6.07 Å². The number of carbonyl (C=O) groups excluding carboxylic acids is 1. The fourth-order valence-electron chi connectivity index (χ4n) is 2.36. The second-order valence-corrected chi connectivity index (χ2v) is 5.62. The molecule has 2 rings (SSSR count). The molecule has 6 nitrogen and oxygen atoms in total. The summed E-state index contributed by atoms with van der Waals surface area (Å²) >= 11 is 0. The van der Waals surface area contributed by atoms with Crippen molar-refractivity contribution in [3.8, 4) is 6.07 Å². The van der Waals surface area contributed by atoms with Crippen LogP contribution in [0.1, 0.15) is 19.8 Å². The molecule has 112 valence electrons. The van der Waals surface area contributed by atoms with Gasteiger partial charge in [-0.15, -0.1) is 0 Å². The number of urea groups is 1. The third-order valence-electron chi connectivity index (χ3n) is 3.95. The van der Waals surface area contributed by atoms with Gasteiger partial charge >= 0.3 is 6.03 Å². The number of rotatable bonds is 3. The molecule has 1 N–H and O–H groups in total. The molecule has 1 aromatic rings. The van der Waals surface area contributed by atoms with Crippen LogP contribution in [-0.2, 0) is 6.54 Å². The van der Waals surface area contributed by atoms with E-state index in [1.165, 1.54) is 6.07 Å². The van der Waals surface area contributed by atoms with Gasteiger partial charge in [0, 0.05) is 38.4 Å². The van der Waals surface area contributed by atoms with Crippen LogP contribution in [0.15, 0.2) is 29.2 Å². The lowest BCUT2D eigenvalue weighted by atomic mass is 9.82. The Hall–Kier alpha value is -2.29. The van der Waals surface area contributed by atoms with E-state index in [2.05, 4.69) is 11.4 Å². The molecule has 1 saturated heterocycles. The number of hydrogen-bond donors (Lipinski definition) is 1. The van der Waals surface area contributed by atoms with E-state index in [1.54, 1.807) is 27.8 Å². The number of hydrogen-bond acceptors (Lipinski definition) is 3. The first-order chi connectivity index (χ1) is 10.0. The van der Waals surface area contributed by atoms with Crippen molar-refractivity contribution in [3.63, 3.8) is 0 Å². The van der Waals surface area contributed by atoms with Gasteiger partial charge < -0.3 is 14.8 Å². The Kier molecular flexibility index (Phi) is 4.63. The van der Waals surface area contributed by atoms with Crippen LogP contribution in [0.25, 0.3) is 0 Å². The van der Waals surface area contributed by atoms with E-state index in [4.69, 9.17) is 5.26 Å². The summed E-state index contributed by atoms with van der Waals surface area (Å²) in [6.07, 6.45) is 3.11. The predicted octanol–water partition coefficient (Wildman–Crippen LogP) is 1.18. The minimum absolute atomic E-state index is 0.0745. The molecule has 1 fully saturated rings. The summed E-state index contributed by atoms with van der Waals surface area (Å²) in [6, 6.07) is 7.16. The molecule has 2 amide bonds. The van der Waals surface area contributed by atoms with Crippen LogP contribution in [0.5, 0.6) is 0 Å². The fourth-order valence-corrected chi connectivity index (χ4v) is 2.36. The Morgan fingerprint density at radius 1 is 1.43 bits per heavy atom. The molecule has 1 aromatic heterocycles. The maximum absolute atomic E-state index is 12.0. The Morgan fingerprint density at radius 3 is 2.76 bits per heavy atom. The van der Waals surface area contributed by atoms with Crippen LogP contribution in [0.4, 0.5) is 4.79 Å². The molecule has 1 aliphatic rings. The first kappa shape index (κ1) is 15.1. The van der Waals surface area contributed by atoms with Gasteiger partial charge in [-0.25, -0.2) is 4.79 Å². The number of carbonyl (C=O) groups is 1. The lowest BCUT2D eigenvalue weighted by molar-refractivity contribution is 0.156. The highest BCUT2D eigenvalue weighted by atomic mass is 16.2. The van der Waals surface area contributed by atoms with Crippen LogP contribution in [0, 0.1) is 16.7 Å². The zero-order chi connectivity index (χ0) is 15.3. The molecule has 0 unspecified atom stereocenters. The van der Waals surface area contributed by atoms with E-state index in [-0.39, 0.29) is 17.0 Å². The summed E-state index contributed by atoms with van der Waals surface area (Å²) in [5, 5.41) is 11.9. The summed E-state index contributed by atoms with van der Waals surface area (Å²) in [4.78, 5) is 25.3. The molecule has 0 saturated carbocycles. The van der Waals surface area contributed by atoms with Gasteiger partial charge in [-0.3, -0.25) is 4.79 Å². The van der Waals surface area contributed by atoms with E-state index < -0.39 is 0 Å². The highest BCUT2D eigenvalue weighted by molar-refractivity contribution is 5.74. The van der Waals surface area contributed by atoms with Crippen molar-refractivity contribution >= 4 is 6.03 Å². The van der Waals surface area contributed by atoms with Crippen LogP contribution >= 0.6 is 0 Å². The van der Waals surface area contributed by atoms with Crippen molar-refractivity contribution in [1.29, 1.82) is 5.26 Å². The summed E-state index contributed by atoms with van der Waals surface area (Å²) < 4.78 is 1.56. The number of likely N-dealkylation sites (tertiary alicyclic amines) is 1. The smallest absolute Gasteiger partial charge is 0.317 e. The zero-order valence-electron chi connectivity index (χ0n) is 12.2. The van der Waals surface area contributed by atoms with Crippen molar-refractivity contribution in [1.82, 2.24) is 14.8 Å². The van der Waals surface area contributed by atoms with Gasteiger partial charge in [-0.2, -0.15) is 5.26 Å². The molecule has 0 aliphatic carbocycles. The molecule has 0 atom stereocenters. The standard InChI is InChI=1S/C15H20N4O2/c1-15(12-16)5-9-19(10-6-15)14(21)17-7-11-18-8-3-2-4-13(18)20/h2-4,8H,5-7,9-11H2,1H3,(H,17,21). The molecule has 6 heteroatoms. The Morgan fingerprint density at radius 2 is 2.14 bits per heavy atom. The van der Waals surface area contributed by atoms with E-state index in [9.17, 15) is 9.59 Å². The average molecular weight is 288 g/mol. The lowest BCUT2D eigenvalue weighted by Gasteiger charge is -2.34. The first-order valence-electron chi connectivity index (χ1n) is 7.14. The summed E-state index contributed by atoms with van der Waals surface area (Å²) in [5.74, 6) is 0. The van der Waals surface area contributed by atoms with Crippen molar-refractivity contribution in [2.24, 2.45) is 5.41 Å². The molecular formula is C15H20N4O2. The second kappa shape index (κ2) is 6.44. The van der Waals surface area contributed by atoms with Gasteiger partial charge in [0.15, 0.2) is 0 Å². The minimum Gasteiger partial charge on any atom is -0.336 e. The average Bonchev–Trinajstić information content (AvgIpc) is 2.50. The SMILES string of the molecule is CC1(C#N)CCN(C(=O)NCCn2ccccc2=O)CC1. The molecule has 2 heterocycles. The van der Waals surface area contributed by atoms with E-state index in [0.29, 0.717) is 39.0 Å². The largest absolute Gasteiger partial charge is 0.336 e. The first-order valence-corrected chi connectivity index (χ1v) is 7.14. The number of nitrogens with zero attached hydrogens (tertiary/aromatic N) is 3. The maximum Gasteiger partial charge on any atom is 0.317 e. The Balaban J connectivity index is 1.77. The van der Waals surface area contributed by atoms with Crippen molar-refractivity contribution in [2.75, 3.05) is 19.6 Å². The summed E-state index contributed by atoms with van der Waals surface area (Å²) in [6.45, 7) is 4.00. The number of aromatic nitrogens is 1. The van der Waals surface area contributed by atoms with Crippen LogP contribution < -0.4 is 10.9 Å². The molecule has 0 bridgehead atoms. The van der Waals surface area contributed by atoms with E-state index >= 15 is 0 Å². The van der Waals surface area contributed by atoms with Gasteiger partial charge in [-0.05, 0) is 25.8 Å². The second-order valence-electron chi connectivity index (χ2n) is 5.62. The van der Waals surface area contributed by atoms with Crippen LogP contribution in [0.3, 0.4) is 0 Å². The summed E-state index contributed by atoms with van der Waals surface area (Å²) in [7, 11) is 0. The molecule has 0 aromatic carbocycles. The highest BCUT2D eigenvalue weighted by Crippen LogP contribution is 2.29. The number of pyridine rings is 1.